The molecule has 0 bridgehead atoms. The van der Waals surface area contributed by atoms with Crippen LogP contribution in [0.1, 0.15) is 17.2 Å². The number of nitrogens with zero attached hydrogens (tertiary/aromatic N) is 2. The van der Waals surface area contributed by atoms with Gasteiger partial charge in [0.15, 0.2) is 0 Å². The molecule has 25 heavy (non-hydrogen) atoms. The molecule has 2 aromatic rings. The van der Waals surface area contributed by atoms with Gasteiger partial charge in [-0.3, -0.25) is 14.7 Å². The number of hydrogen-bond donors (Lipinski definition) is 1. The molecule has 1 aliphatic heterocycles. The van der Waals surface area contributed by atoms with Crippen LogP contribution in [0.15, 0.2) is 48.8 Å². The van der Waals surface area contributed by atoms with Gasteiger partial charge in [-0.25, -0.2) is 4.39 Å². The third kappa shape index (κ3) is 5.08. The topological polar surface area (TPSA) is 54.5 Å². The maximum Gasteiger partial charge on any atom is 0.224 e. The predicted octanol–water partition coefficient (Wildman–Crippen LogP) is 1.95. The fraction of sp³-hybridized carbons (Fsp3) is 0.368. The van der Waals surface area contributed by atoms with E-state index in [-0.39, 0.29) is 24.2 Å². The summed E-state index contributed by atoms with van der Waals surface area (Å²) in [6.45, 7) is 3.59. The van der Waals surface area contributed by atoms with Crippen LogP contribution >= 0.6 is 0 Å². The molecule has 5 nitrogen and oxygen atoms in total. The Morgan fingerprint density at radius 3 is 2.52 bits per heavy atom. The second kappa shape index (κ2) is 8.69. The normalized spacial score (nSPS) is 16.4. The number of aromatic nitrogens is 1. The lowest BCUT2D eigenvalue weighted by atomic mass is 10.1. The van der Waals surface area contributed by atoms with Crippen LogP contribution in [0, 0.1) is 5.82 Å². The number of hydrogen-bond acceptors (Lipinski definition) is 4. The first-order valence-corrected chi connectivity index (χ1v) is 8.45. The Kier molecular flexibility index (Phi) is 6.09. The molecule has 1 atom stereocenters. The van der Waals surface area contributed by atoms with Gasteiger partial charge in [0.2, 0.25) is 5.91 Å². The quantitative estimate of drug-likeness (QED) is 0.871. The third-order valence-corrected chi connectivity index (χ3v) is 4.35. The molecule has 1 aliphatic rings. The van der Waals surface area contributed by atoms with Crippen molar-refractivity contribution in [3.8, 4) is 0 Å². The van der Waals surface area contributed by atoms with Gasteiger partial charge < -0.3 is 10.1 Å². The van der Waals surface area contributed by atoms with E-state index in [1.165, 1.54) is 12.1 Å². The number of pyridine rings is 1. The zero-order valence-corrected chi connectivity index (χ0v) is 14.0. The lowest BCUT2D eigenvalue weighted by molar-refractivity contribution is -0.120. The average Bonchev–Trinajstić information content (AvgIpc) is 2.66. The first kappa shape index (κ1) is 17.5. The molecule has 1 saturated heterocycles. The fourth-order valence-electron chi connectivity index (χ4n) is 2.99. The van der Waals surface area contributed by atoms with Gasteiger partial charge in [0.1, 0.15) is 5.82 Å². The second-order valence-electron chi connectivity index (χ2n) is 6.05. The highest BCUT2D eigenvalue weighted by Crippen LogP contribution is 2.20. The summed E-state index contributed by atoms with van der Waals surface area (Å²) in [7, 11) is 0. The van der Waals surface area contributed by atoms with Crippen molar-refractivity contribution >= 4 is 5.91 Å². The highest BCUT2D eigenvalue weighted by atomic mass is 19.1. The van der Waals surface area contributed by atoms with Crippen LogP contribution in [0.25, 0.3) is 0 Å². The van der Waals surface area contributed by atoms with E-state index in [2.05, 4.69) is 15.2 Å². The zero-order chi connectivity index (χ0) is 17.5. The number of ether oxygens (including phenoxy) is 1. The summed E-state index contributed by atoms with van der Waals surface area (Å²) in [5.74, 6) is -0.367. The summed E-state index contributed by atoms with van der Waals surface area (Å²) in [4.78, 5) is 18.6. The molecular weight excluding hydrogens is 321 g/mol. The van der Waals surface area contributed by atoms with E-state index in [0.29, 0.717) is 19.8 Å². The molecule has 1 fully saturated rings. The molecule has 0 saturated carbocycles. The molecule has 0 radical (unpaired) electrons. The fourth-order valence-corrected chi connectivity index (χ4v) is 2.99. The Labute approximate surface area is 146 Å². The molecule has 1 N–H and O–H groups in total. The summed E-state index contributed by atoms with van der Waals surface area (Å²) in [5, 5.41) is 3.01. The van der Waals surface area contributed by atoms with Crippen LogP contribution < -0.4 is 5.32 Å². The Bertz CT molecular complexity index is 673. The van der Waals surface area contributed by atoms with Gasteiger partial charge in [-0.2, -0.15) is 0 Å². The molecule has 0 spiro atoms. The summed E-state index contributed by atoms with van der Waals surface area (Å²) in [6.07, 6.45) is 3.78. The van der Waals surface area contributed by atoms with Gasteiger partial charge in [-0.1, -0.05) is 12.1 Å². The number of rotatable bonds is 6. The molecule has 3 rings (SSSR count). The first-order valence-electron chi connectivity index (χ1n) is 8.45. The molecule has 2 heterocycles. The lowest BCUT2D eigenvalue weighted by Gasteiger charge is -2.34. The number of morpholine rings is 1. The van der Waals surface area contributed by atoms with Crippen molar-refractivity contribution in [1.82, 2.24) is 15.2 Å². The summed E-state index contributed by atoms with van der Waals surface area (Å²) < 4.78 is 18.4. The van der Waals surface area contributed by atoms with Crippen LogP contribution in [0.4, 0.5) is 4.39 Å². The molecule has 6 heteroatoms. The monoisotopic (exact) mass is 343 g/mol. The first-order chi connectivity index (χ1) is 12.2. The minimum Gasteiger partial charge on any atom is -0.379 e. The van der Waals surface area contributed by atoms with Crippen molar-refractivity contribution in [2.24, 2.45) is 0 Å². The molecule has 1 aromatic heterocycles. The molecule has 1 amide bonds. The Balaban J connectivity index is 1.61. The van der Waals surface area contributed by atoms with Crippen LogP contribution in [-0.2, 0) is 16.0 Å². The van der Waals surface area contributed by atoms with E-state index in [1.54, 1.807) is 24.5 Å². The number of halogens is 1. The maximum atomic E-state index is 13.0. The van der Waals surface area contributed by atoms with Crippen molar-refractivity contribution in [2.75, 3.05) is 32.8 Å². The van der Waals surface area contributed by atoms with Gasteiger partial charge in [-0.15, -0.1) is 0 Å². The van der Waals surface area contributed by atoms with Gasteiger partial charge >= 0.3 is 0 Å². The van der Waals surface area contributed by atoms with Gasteiger partial charge in [0.25, 0.3) is 0 Å². The van der Waals surface area contributed by atoms with Gasteiger partial charge in [-0.05, 0) is 35.4 Å². The molecule has 1 unspecified atom stereocenters. The van der Waals surface area contributed by atoms with Gasteiger partial charge in [0.05, 0.1) is 25.7 Å². The molecule has 0 aliphatic carbocycles. The van der Waals surface area contributed by atoms with Crippen molar-refractivity contribution in [3.05, 3.63) is 65.7 Å². The summed E-state index contributed by atoms with van der Waals surface area (Å²) >= 11 is 0. The number of benzene rings is 1. The van der Waals surface area contributed by atoms with Crippen LogP contribution in [0.2, 0.25) is 0 Å². The predicted molar refractivity (Wildman–Crippen MR) is 92.5 cm³/mol. The van der Waals surface area contributed by atoms with Crippen molar-refractivity contribution in [2.45, 2.75) is 12.5 Å². The zero-order valence-electron chi connectivity index (χ0n) is 14.0. The van der Waals surface area contributed by atoms with Crippen LogP contribution in [0.5, 0.6) is 0 Å². The highest BCUT2D eigenvalue weighted by molar-refractivity contribution is 5.78. The number of nitrogens with one attached hydrogen (secondary N) is 1. The number of amides is 1. The van der Waals surface area contributed by atoms with Gasteiger partial charge in [0, 0.05) is 32.0 Å². The van der Waals surface area contributed by atoms with E-state index in [1.807, 2.05) is 12.1 Å². The van der Waals surface area contributed by atoms with E-state index in [9.17, 15) is 9.18 Å². The summed E-state index contributed by atoms with van der Waals surface area (Å²) in [6, 6.07) is 10.1. The van der Waals surface area contributed by atoms with Crippen LogP contribution in [-0.4, -0.2) is 48.6 Å². The van der Waals surface area contributed by atoms with Crippen molar-refractivity contribution in [3.63, 3.8) is 0 Å². The SMILES string of the molecule is O=C(Cc1ccc(F)cc1)NCC(c1ccncc1)N1CCOCC1. The van der Waals surface area contributed by atoms with Crippen LogP contribution in [0.3, 0.4) is 0 Å². The Hall–Kier alpha value is -2.31. The molecule has 132 valence electrons. The van der Waals surface area contributed by atoms with E-state index >= 15 is 0 Å². The second-order valence-corrected chi connectivity index (χ2v) is 6.05. The average molecular weight is 343 g/mol. The smallest absolute Gasteiger partial charge is 0.224 e. The largest absolute Gasteiger partial charge is 0.379 e. The van der Waals surface area contributed by atoms with E-state index in [4.69, 9.17) is 4.74 Å². The van der Waals surface area contributed by atoms with Crippen molar-refractivity contribution in [1.29, 1.82) is 0 Å². The summed E-state index contributed by atoms with van der Waals surface area (Å²) in [5.41, 5.74) is 1.92. The third-order valence-electron chi connectivity index (χ3n) is 4.35. The minimum absolute atomic E-state index is 0.0704. The maximum absolute atomic E-state index is 13.0. The van der Waals surface area contributed by atoms with E-state index in [0.717, 1.165) is 24.2 Å². The van der Waals surface area contributed by atoms with Crippen molar-refractivity contribution < 1.29 is 13.9 Å². The molecular formula is C19H22FN3O2. The van der Waals surface area contributed by atoms with E-state index < -0.39 is 0 Å². The minimum atomic E-state index is -0.297. The highest BCUT2D eigenvalue weighted by Gasteiger charge is 2.23. The standard InChI is InChI=1S/C19H22FN3O2/c20-17-3-1-15(2-4-17)13-19(24)22-14-18(16-5-7-21-8-6-16)23-9-11-25-12-10-23/h1-8,18H,9-14H2,(H,22,24). The Morgan fingerprint density at radius 1 is 1.16 bits per heavy atom. The molecule has 1 aromatic carbocycles. The number of carbonyl (C=O) groups is 1. The lowest BCUT2D eigenvalue weighted by Crippen LogP contribution is -2.44. The number of carbonyl (C=O) groups excluding carboxylic acids is 1. The Morgan fingerprint density at radius 2 is 1.84 bits per heavy atom.